The smallest absolute Gasteiger partial charge is 0.263 e. The molecule has 6 heteroatoms. The molecule has 0 aliphatic carbocycles. The third-order valence-corrected chi connectivity index (χ3v) is 2.57. The Morgan fingerprint density at radius 1 is 1.22 bits per heavy atom. The summed E-state index contributed by atoms with van der Waals surface area (Å²) in [6.07, 6.45) is 1.34. The maximum absolute atomic E-state index is 13.6. The number of hydrogen-bond acceptors (Lipinski definition) is 5. The molecule has 0 saturated carbocycles. The number of fused-ring (bicyclic) bond motifs is 1. The highest BCUT2D eigenvalue weighted by Gasteiger charge is 2.12. The number of para-hydroxylation sites is 1. The van der Waals surface area contributed by atoms with Crippen molar-refractivity contribution < 1.29 is 8.91 Å². The SMILES string of the molecule is Cc1noc2ncnc(Nc3ccccc3F)c12. The van der Waals surface area contributed by atoms with E-state index in [1.54, 1.807) is 25.1 Å². The predicted octanol–water partition coefficient (Wildman–Crippen LogP) is 2.81. The summed E-state index contributed by atoms with van der Waals surface area (Å²) in [5, 5.41) is 7.38. The zero-order valence-corrected chi connectivity index (χ0v) is 9.51. The van der Waals surface area contributed by atoms with Crippen LogP contribution in [0.3, 0.4) is 0 Å². The Morgan fingerprint density at radius 2 is 2.06 bits per heavy atom. The predicted molar refractivity (Wildman–Crippen MR) is 64.0 cm³/mol. The lowest BCUT2D eigenvalue weighted by molar-refractivity contribution is 0.442. The maximum Gasteiger partial charge on any atom is 0.263 e. The van der Waals surface area contributed by atoms with Crippen molar-refractivity contribution in [2.24, 2.45) is 0 Å². The van der Waals surface area contributed by atoms with E-state index in [1.807, 2.05) is 0 Å². The van der Waals surface area contributed by atoms with Crippen LogP contribution in [0.2, 0.25) is 0 Å². The second-order valence-corrected chi connectivity index (χ2v) is 3.78. The van der Waals surface area contributed by atoms with Gasteiger partial charge in [0.05, 0.1) is 11.4 Å². The lowest BCUT2D eigenvalue weighted by atomic mass is 10.2. The molecular formula is C12H9FN4O. The summed E-state index contributed by atoms with van der Waals surface area (Å²) in [6.45, 7) is 1.78. The monoisotopic (exact) mass is 244 g/mol. The molecule has 0 bridgehead atoms. The van der Waals surface area contributed by atoms with Gasteiger partial charge in [0, 0.05) is 0 Å². The number of aryl methyl sites for hydroxylation is 1. The lowest BCUT2D eigenvalue weighted by Gasteiger charge is -2.06. The maximum atomic E-state index is 13.6. The van der Waals surface area contributed by atoms with Gasteiger partial charge in [-0.15, -0.1) is 0 Å². The molecule has 2 aromatic heterocycles. The molecule has 3 aromatic rings. The van der Waals surface area contributed by atoms with Crippen LogP contribution in [0.5, 0.6) is 0 Å². The largest absolute Gasteiger partial charge is 0.337 e. The van der Waals surface area contributed by atoms with Gasteiger partial charge in [0.25, 0.3) is 5.71 Å². The van der Waals surface area contributed by atoms with Crippen molar-refractivity contribution in [1.82, 2.24) is 15.1 Å². The second-order valence-electron chi connectivity index (χ2n) is 3.78. The van der Waals surface area contributed by atoms with Crippen LogP contribution in [0.4, 0.5) is 15.9 Å². The number of benzene rings is 1. The summed E-state index contributed by atoms with van der Waals surface area (Å²) in [7, 11) is 0. The summed E-state index contributed by atoms with van der Waals surface area (Å²) in [6, 6.07) is 6.37. The second kappa shape index (κ2) is 4.06. The van der Waals surface area contributed by atoms with Crippen molar-refractivity contribution in [3.05, 3.63) is 42.1 Å². The third-order valence-electron chi connectivity index (χ3n) is 2.57. The van der Waals surface area contributed by atoms with Crippen molar-refractivity contribution >= 4 is 22.6 Å². The highest BCUT2D eigenvalue weighted by Crippen LogP contribution is 2.26. The minimum Gasteiger partial charge on any atom is -0.337 e. The number of nitrogens with zero attached hydrogens (tertiary/aromatic N) is 3. The molecule has 2 heterocycles. The molecule has 0 spiro atoms. The molecule has 1 N–H and O–H groups in total. The Hall–Kier alpha value is -2.50. The molecule has 0 unspecified atom stereocenters. The fourth-order valence-electron chi connectivity index (χ4n) is 1.71. The zero-order chi connectivity index (χ0) is 12.5. The lowest BCUT2D eigenvalue weighted by Crippen LogP contribution is -1.97. The van der Waals surface area contributed by atoms with E-state index in [0.717, 1.165) is 0 Å². The van der Waals surface area contributed by atoms with Crippen molar-refractivity contribution in [2.45, 2.75) is 6.92 Å². The number of halogens is 1. The van der Waals surface area contributed by atoms with E-state index in [0.29, 0.717) is 28.3 Å². The zero-order valence-electron chi connectivity index (χ0n) is 9.51. The van der Waals surface area contributed by atoms with E-state index < -0.39 is 0 Å². The van der Waals surface area contributed by atoms with Crippen molar-refractivity contribution in [3.63, 3.8) is 0 Å². The van der Waals surface area contributed by atoms with E-state index in [1.165, 1.54) is 12.4 Å². The molecule has 1 aromatic carbocycles. The van der Waals surface area contributed by atoms with Gasteiger partial charge in [-0.05, 0) is 19.1 Å². The van der Waals surface area contributed by atoms with Crippen molar-refractivity contribution in [2.75, 3.05) is 5.32 Å². The summed E-state index contributed by atoms with van der Waals surface area (Å²) in [5.41, 5.74) is 1.38. The molecular weight excluding hydrogens is 235 g/mol. The van der Waals surface area contributed by atoms with E-state index in [4.69, 9.17) is 4.52 Å². The molecule has 18 heavy (non-hydrogen) atoms. The van der Waals surface area contributed by atoms with Gasteiger partial charge in [-0.1, -0.05) is 17.3 Å². The van der Waals surface area contributed by atoms with Crippen LogP contribution in [0, 0.1) is 12.7 Å². The molecule has 0 radical (unpaired) electrons. The van der Waals surface area contributed by atoms with E-state index in [2.05, 4.69) is 20.4 Å². The Morgan fingerprint density at radius 3 is 2.89 bits per heavy atom. The number of rotatable bonds is 2. The standard InChI is InChI=1S/C12H9FN4O/c1-7-10-11(14-6-15-12(10)18-17-7)16-9-5-3-2-4-8(9)13/h2-6H,1H3,(H,14,15,16). The number of hydrogen-bond donors (Lipinski definition) is 1. The molecule has 5 nitrogen and oxygen atoms in total. The summed E-state index contributed by atoms with van der Waals surface area (Å²) in [4.78, 5) is 8.04. The molecule has 0 fully saturated rings. The van der Waals surface area contributed by atoms with E-state index in [-0.39, 0.29) is 5.82 Å². The first-order chi connectivity index (χ1) is 8.75. The Kier molecular flexibility index (Phi) is 2.40. The fraction of sp³-hybridized carbons (Fsp3) is 0.0833. The van der Waals surface area contributed by atoms with Crippen LogP contribution >= 0.6 is 0 Å². The fourth-order valence-corrected chi connectivity index (χ4v) is 1.71. The van der Waals surface area contributed by atoms with Crippen LogP contribution in [-0.2, 0) is 0 Å². The number of aromatic nitrogens is 3. The van der Waals surface area contributed by atoms with Crippen molar-refractivity contribution in [3.8, 4) is 0 Å². The average molecular weight is 244 g/mol. The van der Waals surface area contributed by atoms with Crippen LogP contribution in [0.25, 0.3) is 11.1 Å². The van der Waals surface area contributed by atoms with Gasteiger partial charge in [-0.2, -0.15) is 4.98 Å². The summed E-state index contributed by atoms with van der Waals surface area (Å²) >= 11 is 0. The third kappa shape index (κ3) is 1.67. The first-order valence-corrected chi connectivity index (χ1v) is 5.34. The summed E-state index contributed by atoms with van der Waals surface area (Å²) < 4.78 is 18.6. The first-order valence-electron chi connectivity index (χ1n) is 5.34. The molecule has 0 aliphatic heterocycles. The minimum absolute atomic E-state index is 0.345. The Bertz CT molecular complexity index is 710. The number of nitrogens with one attached hydrogen (secondary N) is 1. The Labute approximate surface area is 102 Å². The van der Waals surface area contributed by atoms with Crippen LogP contribution < -0.4 is 5.32 Å². The summed E-state index contributed by atoms with van der Waals surface area (Å²) in [5.74, 6) is 0.127. The van der Waals surface area contributed by atoms with Gasteiger partial charge in [0.2, 0.25) is 0 Å². The first kappa shape index (κ1) is 10.6. The molecule has 0 atom stereocenters. The van der Waals surface area contributed by atoms with Gasteiger partial charge in [0.15, 0.2) is 0 Å². The van der Waals surface area contributed by atoms with Crippen molar-refractivity contribution in [1.29, 1.82) is 0 Å². The van der Waals surface area contributed by atoms with Crippen LogP contribution in [0.1, 0.15) is 5.69 Å². The topological polar surface area (TPSA) is 63.8 Å². The molecule has 90 valence electrons. The van der Waals surface area contributed by atoms with Gasteiger partial charge in [-0.25, -0.2) is 9.37 Å². The van der Waals surface area contributed by atoms with Crippen LogP contribution in [0.15, 0.2) is 35.1 Å². The van der Waals surface area contributed by atoms with E-state index in [9.17, 15) is 4.39 Å². The normalized spacial score (nSPS) is 10.8. The molecule has 0 saturated heterocycles. The molecule has 0 aliphatic rings. The highest BCUT2D eigenvalue weighted by molar-refractivity contribution is 5.89. The highest BCUT2D eigenvalue weighted by atomic mass is 19.1. The van der Waals surface area contributed by atoms with Gasteiger partial charge in [-0.3, -0.25) is 0 Å². The molecule has 0 amide bonds. The van der Waals surface area contributed by atoms with Gasteiger partial charge in [0.1, 0.15) is 23.3 Å². The number of anilines is 2. The van der Waals surface area contributed by atoms with Crippen LogP contribution in [-0.4, -0.2) is 15.1 Å². The van der Waals surface area contributed by atoms with E-state index >= 15 is 0 Å². The molecule has 3 rings (SSSR count). The minimum atomic E-state index is -0.349. The average Bonchev–Trinajstić information content (AvgIpc) is 2.75. The quantitative estimate of drug-likeness (QED) is 0.750. The Balaban J connectivity index is 2.10. The van der Waals surface area contributed by atoms with Gasteiger partial charge >= 0.3 is 0 Å². The van der Waals surface area contributed by atoms with Gasteiger partial charge < -0.3 is 9.84 Å².